The molecule has 2 heterocycles. The third kappa shape index (κ3) is 1.38. The Morgan fingerprint density at radius 2 is 2.50 bits per heavy atom. The van der Waals surface area contributed by atoms with E-state index in [2.05, 4.69) is 14.9 Å². The van der Waals surface area contributed by atoms with E-state index in [-0.39, 0.29) is 6.10 Å². The van der Waals surface area contributed by atoms with Gasteiger partial charge in [-0.15, -0.1) is 0 Å². The van der Waals surface area contributed by atoms with Crippen LogP contribution >= 0.6 is 0 Å². The summed E-state index contributed by atoms with van der Waals surface area (Å²) in [5, 5.41) is 9.28. The third-order valence-electron chi connectivity index (χ3n) is 2.05. The second-order valence-corrected chi connectivity index (χ2v) is 2.96. The second-order valence-electron chi connectivity index (χ2n) is 2.96. The molecule has 2 rings (SSSR count). The fourth-order valence-corrected chi connectivity index (χ4v) is 1.42. The summed E-state index contributed by atoms with van der Waals surface area (Å²) in [4.78, 5) is 10.00. The normalized spacial score (nSPS) is 23.1. The Morgan fingerprint density at radius 3 is 3.08 bits per heavy atom. The largest absolute Gasteiger partial charge is 0.391 e. The summed E-state index contributed by atoms with van der Waals surface area (Å²) in [5.41, 5.74) is 0. The fraction of sp³-hybridized carbons (Fsp3) is 0.500. The van der Waals surface area contributed by atoms with Crippen molar-refractivity contribution in [3.05, 3.63) is 18.6 Å². The predicted molar refractivity (Wildman–Crippen MR) is 44.9 cm³/mol. The van der Waals surface area contributed by atoms with Crippen LogP contribution in [0.25, 0.3) is 0 Å². The number of anilines is 1. The fourth-order valence-electron chi connectivity index (χ4n) is 1.42. The molecule has 1 aromatic rings. The van der Waals surface area contributed by atoms with Crippen molar-refractivity contribution in [2.75, 3.05) is 18.0 Å². The van der Waals surface area contributed by atoms with E-state index in [4.69, 9.17) is 0 Å². The van der Waals surface area contributed by atoms with Gasteiger partial charge in [-0.2, -0.15) is 0 Å². The number of β-amino-alcohol motifs (C(OH)–C–C–N with tert-alkyl or cyclic N) is 1. The van der Waals surface area contributed by atoms with Gasteiger partial charge >= 0.3 is 0 Å². The number of aliphatic hydroxyl groups excluding tert-OH is 1. The third-order valence-corrected chi connectivity index (χ3v) is 2.05. The highest BCUT2D eigenvalue weighted by atomic mass is 16.3. The molecule has 1 N–H and O–H groups in total. The number of rotatable bonds is 1. The first-order valence-corrected chi connectivity index (χ1v) is 4.05. The lowest BCUT2D eigenvalue weighted by molar-refractivity contribution is 0.198. The van der Waals surface area contributed by atoms with E-state index in [0.717, 1.165) is 18.8 Å². The van der Waals surface area contributed by atoms with Crippen LogP contribution in [0.3, 0.4) is 0 Å². The summed E-state index contributed by atoms with van der Waals surface area (Å²) >= 11 is 0. The van der Waals surface area contributed by atoms with Crippen LogP contribution in [0.1, 0.15) is 6.42 Å². The zero-order valence-corrected chi connectivity index (χ0v) is 6.72. The van der Waals surface area contributed by atoms with E-state index >= 15 is 0 Å². The van der Waals surface area contributed by atoms with E-state index < -0.39 is 0 Å². The minimum atomic E-state index is -0.194. The monoisotopic (exact) mass is 165 g/mol. The molecule has 1 unspecified atom stereocenters. The van der Waals surface area contributed by atoms with Gasteiger partial charge in [-0.05, 0) is 12.5 Å². The Labute approximate surface area is 70.9 Å². The number of aliphatic hydroxyl groups is 1. The van der Waals surface area contributed by atoms with Gasteiger partial charge < -0.3 is 10.0 Å². The van der Waals surface area contributed by atoms with Crippen molar-refractivity contribution in [2.45, 2.75) is 12.5 Å². The minimum Gasteiger partial charge on any atom is -0.391 e. The SMILES string of the molecule is OC1CCN(c2ccncn2)C1. The highest BCUT2D eigenvalue weighted by Crippen LogP contribution is 2.16. The average molecular weight is 165 g/mol. The van der Waals surface area contributed by atoms with Crippen molar-refractivity contribution in [1.82, 2.24) is 9.97 Å². The van der Waals surface area contributed by atoms with E-state index in [9.17, 15) is 5.11 Å². The molecule has 1 fully saturated rings. The maximum absolute atomic E-state index is 9.28. The molecule has 1 atom stereocenters. The summed E-state index contributed by atoms with van der Waals surface area (Å²) in [6, 6.07) is 1.86. The molecule has 0 radical (unpaired) electrons. The van der Waals surface area contributed by atoms with Gasteiger partial charge in [-0.1, -0.05) is 0 Å². The van der Waals surface area contributed by atoms with Gasteiger partial charge in [-0.25, -0.2) is 9.97 Å². The van der Waals surface area contributed by atoms with Crippen molar-refractivity contribution in [1.29, 1.82) is 0 Å². The van der Waals surface area contributed by atoms with Crippen molar-refractivity contribution >= 4 is 5.82 Å². The summed E-state index contributed by atoms with van der Waals surface area (Å²) < 4.78 is 0. The Balaban J connectivity index is 2.11. The van der Waals surface area contributed by atoms with Gasteiger partial charge in [0.15, 0.2) is 0 Å². The van der Waals surface area contributed by atoms with Gasteiger partial charge in [0.2, 0.25) is 0 Å². The van der Waals surface area contributed by atoms with Crippen LogP contribution in [-0.2, 0) is 0 Å². The molecule has 0 spiro atoms. The van der Waals surface area contributed by atoms with Crippen LogP contribution in [0.15, 0.2) is 18.6 Å². The maximum Gasteiger partial charge on any atom is 0.131 e. The zero-order chi connectivity index (χ0) is 8.39. The number of aromatic nitrogens is 2. The standard InChI is InChI=1S/C8H11N3O/c12-7-2-4-11(5-7)8-1-3-9-6-10-8/h1,3,6-7,12H,2,4-5H2. The highest BCUT2D eigenvalue weighted by molar-refractivity contribution is 5.37. The first-order chi connectivity index (χ1) is 5.86. The summed E-state index contributed by atoms with van der Waals surface area (Å²) in [6.45, 7) is 1.58. The molecule has 0 aromatic carbocycles. The molecule has 1 saturated heterocycles. The van der Waals surface area contributed by atoms with E-state index in [0.29, 0.717) is 6.54 Å². The quantitative estimate of drug-likeness (QED) is 0.638. The topological polar surface area (TPSA) is 49.2 Å². The molecule has 0 amide bonds. The lowest BCUT2D eigenvalue weighted by atomic mass is 10.3. The zero-order valence-electron chi connectivity index (χ0n) is 6.72. The average Bonchev–Trinajstić information content (AvgIpc) is 2.54. The Kier molecular flexibility index (Phi) is 1.91. The smallest absolute Gasteiger partial charge is 0.131 e. The molecule has 4 nitrogen and oxygen atoms in total. The molecule has 1 aliphatic rings. The number of nitrogens with zero attached hydrogens (tertiary/aromatic N) is 3. The van der Waals surface area contributed by atoms with Crippen LogP contribution in [0.5, 0.6) is 0 Å². The number of hydrogen-bond acceptors (Lipinski definition) is 4. The van der Waals surface area contributed by atoms with Gasteiger partial charge in [0.25, 0.3) is 0 Å². The Bertz CT molecular complexity index is 252. The van der Waals surface area contributed by atoms with Gasteiger partial charge in [0, 0.05) is 19.3 Å². The minimum absolute atomic E-state index is 0.194. The van der Waals surface area contributed by atoms with E-state index in [1.54, 1.807) is 6.20 Å². The van der Waals surface area contributed by atoms with Crippen molar-refractivity contribution in [2.24, 2.45) is 0 Å². The lowest BCUT2D eigenvalue weighted by Crippen LogP contribution is -2.21. The number of hydrogen-bond donors (Lipinski definition) is 1. The van der Waals surface area contributed by atoms with Gasteiger partial charge in [0.1, 0.15) is 12.1 Å². The first kappa shape index (κ1) is 7.49. The molecular formula is C8H11N3O. The lowest BCUT2D eigenvalue weighted by Gasteiger charge is -2.15. The molecule has 0 bridgehead atoms. The van der Waals surface area contributed by atoms with E-state index in [1.165, 1.54) is 6.33 Å². The van der Waals surface area contributed by atoms with Crippen LogP contribution in [-0.4, -0.2) is 34.3 Å². The van der Waals surface area contributed by atoms with Crippen LogP contribution in [0.2, 0.25) is 0 Å². The molecule has 4 heteroatoms. The molecule has 1 aliphatic heterocycles. The maximum atomic E-state index is 9.28. The van der Waals surface area contributed by atoms with Gasteiger partial charge in [0.05, 0.1) is 6.10 Å². The summed E-state index contributed by atoms with van der Waals surface area (Å²) in [7, 11) is 0. The van der Waals surface area contributed by atoms with E-state index in [1.807, 2.05) is 6.07 Å². The molecule has 12 heavy (non-hydrogen) atoms. The molecule has 0 saturated carbocycles. The summed E-state index contributed by atoms with van der Waals surface area (Å²) in [5.74, 6) is 0.904. The predicted octanol–water partition coefficient (Wildman–Crippen LogP) is 0.0476. The van der Waals surface area contributed by atoms with Gasteiger partial charge in [-0.3, -0.25) is 0 Å². The van der Waals surface area contributed by atoms with Crippen molar-refractivity contribution in [3.63, 3.8) is 0 Å². The summed E-state index contributed by atoms with van der Waals surface area (Å²) in [6.07, 6.45) is 3.89. The second kappa shape index (κ2) is 3.06. The van der Waals surface area contributed by atoms with Crippen LogP contribution in [0.4, 0.5) is 5.82 Å². The van der Waals surface area contributed by atoms with Crippen molar-refractivity contribution in [3.8, 4) is 0 Å². The Morgan fingerprint density at radius 1 is 1.58 bits per heavy atom. The van der Waals surface area contributed by atoms with Crippen molar-refractivity contribution < 1.29 is 5.11 Å². The molecule has 1 aromatic heterocycles. The van der Waals surface area contributed by atoms with Crippen LogP contribution in [0, 0.1) is 0 Å². The molecular weight excluding hydrogens is 154 g/mol. The highest BCUT2D eigenvalue weighted by Gasteiger charge is 2.20. The van der Waals surface area contributed by atoms with Crippen LogP contribution < -0.4 is 4.90 Å². The molecule has 64 valence electrons. The first-order valence-electron chi connectivity index (χ1n) is 4.05. The molecule has 0 aliphatic carbocycles. The Hall–Kier alpha value is -1.16.